The molecule has 22 heavy (non-hydrogen) atoms. The van der Waals surface area contributed by atoms with E-state index >= 15 is 0 Å². The summed E-state index contributed by atoms with van der Waals surface area (Å²) in [5.74, 6) is 0.982. The van der Waals surface area contributed by atoms with Crippen LogP contribution >= 0.6 is 0 Å². The molecule has 0 spiro atoms. The van der Waals surface area contributed by atoms with E-state index < -0.39 is 0 Å². The summed E-state index contributed by atoms with van der Waals surface area (Å²) in [5.41, 5.74) is 6.13. The van der Waals surface area contributed by atoms with Gasteiger partial charge in [-0.05, 0) is 30.5 Å². The zero-order valence-corrected chi connectivity index (χ0v) is 12.6. The summed E-state index contributed by atoms with van der Waals surface area (Å²) in [6.45, 7) is 0.738. The van der Waals surface area contributed by atoms with Crippen molar-refractivity contribution in [1.29, 1.82) is 0 Å². The predicted octanol–water partition coefficient (Wildman–Crippen LogP) is 4.11. The Morgan fingerprint density at radius 2 is 1.95 bits per heavy atom. The quantitative estimate of drug-likeness (QED) is 0.774. The molecule has 3 aromatic rings. The molecule has 0 saturated heterocycles. The van der Waals surface area contributed by atoms with Crippen LogP contribution in [0, 0.1) is 0 Å². The van der Waals surface area contributed by atoms with Crippen molar-refractivity contribution in [2.24, 2.45) is 4.99 Å². The number of rotatable bonds is 3. The number of nitrogens with one attached hydrogen (secondary N) is 1. The third kappa shape index (κ3) is 2.10. The third-order valence-corrected chi connectivity index (χ3v) is 4.35. The molecule has 4 rings (SSSR count). The van der Waals surface area contributed by atoms with E-state index in [1.807, 2.05) is 12.1 Å². The molecular weight excluding hydrogens is 272 g/mol. The van der Waals surface area contributed by atoms with Gasteiger partial charge in [0.25, 0.3) is 0 Å². The number of hydrogen-bond acceptors (Lipinski definition) is 2. The highest BCUT2D eigenvalue weighted by Gasteiger charge is 2.21. The van der Waals surface area contributed by atoms with Crippen LogP contribution in [0.2, 0.25) is 0 Å². The van der Waals surface area contributed by atoms with E-state index in [0.29, 0.717) is 0 Å². The summed E-state index contributed by atoms with van der Waals surface area (Å²) >= 11 is 0. The fourth-order valence-electron chi connectivity index (χ4n) is 3.26. The molecule has 0 saturated carbocycles. The average molecular weight is 290 g/mol. The number of hydrogen-bond donors (Lipinski definition) is 1. The van der Waals surface area contributed by atoms with Crippen molar-refractivity contribution in [3.05, 3.63) is 65.4 Å². The fraction of sp³-hybridized carbons (Fsp3) is 0.211. The highest BCUT2D eigenvalue weighted by molar-refractivity contribution is 6.14. The largest absolute Gasteiger partial charge is 0.496 e. The van der Waals surface area contributed by atoms with Crippen molar-refractivity contribution in [1.82, 2.24) is 4.98 Å². The smallest absolute Gasteiger partial charge is 0.122 e. The van der Waals surface area contributed by atoms with Crippen molar-refractivity contribution >= 4 is 16.6 Å². The van der Waals surface area contributed by atoms with E-state index in [-0.39, 0.29) is 0 Å². The lowest BCUT2D eigenvalue weighted by Crippen LogP contribution is -2.10. The normalized spacial score (nSPS) is 15.4. The molecule has 1 aromatic heterocycles. The number of benzene rings is 2. The van der Waals surface area contributed by atoms with E-state index in [0.717, 1.165) is 30.7 Å². The number of ether oxygens (including phenoxy) is 1. The Kier molecular flexibility index (Phi) is 3.19. The summed E-state index contributed by atoms with van der Waals surface area (Å²) in [6, 6.07) is 14.5. The molecule has 3 heteroatoms. The lowest BCUT2D eigenvalue weighted by Gasteiger charge is -2.17. The molecule has 2 aromatic carbocycles. The van der Waals surface area contributed by atoms with Gasteiger partial charge in [-0.15, -0.1) is 0 Å². The molecule has 0 bridgehead atoms. The first-order valence-electron chi connectivity index (χ1n) is 7.61. The molecule has 0 aliphatic heterocycles. The van der Waals surface area contributed by atoms with Gasteiger partial charge in [0.1, 0.15) is 5.75 Å². The van der Waals surface area contributed by atoms with Gasteiger partial charge in [0, 0.05) is 33.9 Å². The minimum Gasteiger partial charge on any atom is -0.496 e. The number of H-pyrrole nitrogens is 1. The Hall–Kier alpha value is -2.55. The molecule has 0 unspecified atom stereocenters. The predicted molar refractivity (Wildman–Crippen MR) is 89.9 cm³/mol. The van der Waals surface area contributed by atoms with Gasteiger partial charge in [0.2, 0.25) is 0 Å². The van der Waals surface area contributed by atoms with Gasteiger partial charge >= 0.3 is 0 Å². The van der Waals surface area contributed by atoms with Crippen LogP contribution in [0.4, 0.5) is 0 Å². The molecule has 0 atom stereocenters. The standard InChI is InChI=1S/C19H18N2O/c1-22-18-10-9-17-19-14(18)7-8-16(15(19)12-21-17)20-11-13-5-3-2-4-6-13/h2-6,9-10,12,21H,7-8,11H2,1H3. The average Bonchev–Trinajstić information content (AvgIpc) is 3.01. The SMILES string of the molecule is COc1ccc2[nH]cc3c2c1CCC3=NCc1ccccc1. The molecule has 110 valence electrons. The highest BCUT2D eigenvalue weighted by atomic mass is 16.5. The summed E-state index contributed by atoms with van der Waals surface area (Å²) in [7, 11) is 1.74. The van der Waals surface area contributed by atoms with Crippen LogP contribution in [0.1, 0.15) is 23.1 Å². The number of aromatic amines is 1. The minimum atomic E-state index is 0.738. The second kappa shape index (κ2) is 5.34. The van der Waals surface area contributed by atoms with Gasteiger partial charge in [0.15, 0.2) is 0 Å². The van der Waals surface area contributed by atoms with E-state index in [1.165, 1.54) is 27.8 Å². The van der Waals surface area contributed by atoms with Gasteiger partial charge in [-0.2, -0.15) is 0 Å². The van der Waals surface area contributed by atoms with Crippen LogP contribution in [-0.2, 0) is 13.0 Å². The van der Waals surface area contributed by atoms with Crippen molar-refractivity contribution in [3.8, 4) is 5.75 Å². The zero-order chi connectivity index (χ0) is 14.9. The first-order valence-corrected chi connectivity index (χ1v) is 7.61. The van der Waals surface area contributed by atoms with Crippen LogP contribution in [0.3, 0.4) is 0 Å². The molecule has 0 fully saturated rings. The maximum absolute atomic E-state index is 5.51. The maximum atomic E-state index is 5.51. The van der Waals surface area contributed by atoms with Crippen LogP contribution in [-0.4, -0.2) is 17.8 Å². The van der Waals surface area contributed by atoms with Gasteiger partial charge in [-0.3, -0.25) is 4.99 Å². The zero-order valence-electron chi connectivity index (χ0n) is 12.6. The second-order valence-corrected chi connectivity index (χ2v) is 5.62. The van der Waals surface area contributed by atoms with Crippen molar-refractivity contribution in [2.45, 2.75) is 19.4 Å². The fourth-order valence-corrected chi connectivity index (χ4v) is 3.26. The van der Waals surface area contributed by atoms with Gasteiger partial charge in [-0.1, -0.05) is 30.3 Å². The maximum Gasteiger partial charge on any atom is 0.122 e. The number of aliphatic imine (C=N–C) groups is 1. The molecule has 1 heterocycles. The van der Waals surface area contributed by atoms with Crippen LogP contribution in [0.25, 0.3) is 10.9 Å². The summed E-state index contributed by atoms with van der Waals surface area (Å²) in [4.78, 5) is 8.22. The number of aryl methyl sites for hydroxylation is 1. The first kappa shape index (κ1) is 13.1. The van der Waals surface area contributed by atoms with E-state index in [2.05, 4.69) is 41.5 Å². The molecule has 3 nitrogen and oxygen atoms in total. The lowest BCUT2D eigenvalue weighted by molar-refractivity contribution is 0.410. The van der Waals surface area contributed by atoms with Crippen LogP contribution in [0.15, 0.2) is 53.7 Å². The summed E-state index contributed by atoms with van der Waals surface area (Å²) in [5, 5.41) is 1.28. The molecular formula is C19H18N2O. The molecule has 1 N–H and O–H groups in total. The summed E-state index contributed by atoms with van der Waals surface area (Å²) < 4.78 is 5.51. The lowest BCUT2D eigenvalue weighted by atomic mass is 9.90. The van der Waals surface area contributed by atoms with Crippen molar-refractivity contribution in [2.75, 3.05) is 7.11 Å². The summed E-state index contributed by atoms with van der Waals surface area (Å²) in [6.07, 6.45) is 4.03. The Balaban J connectivity index is 1.76. The number of nitrogens with zero attached hydrogens (tertiary/aromatic N) is 1. The van der Waals surface area contributed by atoms with Gasteiger partial charge in [-0.25, -0.2) is 0 Å². The highest BCUT2D eigenvalue weighted by Crippen LogP contribution is 2.35. The van der Waals surface area contributed by atoms with E-state index in [9.17, 15) is 0 Å². The number of methoxy groups -OCH3 is 1. The van der Waals surface area contributed by atoms with Gasteiger partial charge in [0.05, 0.1) is 13.7 Å². The first-order chi connectivity index (χ1) is 10.9. The molecule has 1 aliphatic carbocycles. The third-order valence-electron chi connectivity index (χ3n) is 4.35. The Morgan fingerprint density at radius 3 is 2.77 bits per heavy atom. The van der Waals surface area contributed by atoms with Crippen molar-refractivity contribution < 1.29 is 4.74 Å². The van der Waals surface area contributed by atoms with E-state index in [1.54, 1.807) is 7.11 Å². The van der Waals surface area contributed by atoms with Gasteiger partial charge < -0.3 is 9.72 Å². The Labute approximate surface area is 129 Å². The Morgan fingerprint density at radius 1 is 1.09 bits per heavy atom. The van der Waals surface area contributed by atoms with E-state index in [4.69, 9.17) is 9.73 Å². The van der Waals surface area contributed by atoms with Crippen LogP contribution < -0.4 is 4.74 Å². The minimum absolute atomic E-state index is 0.738. The van der Waals surface area contributed by atoms with Crippen molar-refractivity contribution in [3.63, 3.8) is 0 Å². The molecule has 0 radical (unpaired) electrons. The topological polar surface area (TPSA) is 37.4 Å². The van der Waals surface area contributed by atoms with Crippen LogP contribution in [0.5, 0.6) is 5.75 Å². The number of aromatic nitrogens is 1. The Bertz CT molecular complexity index is 847. The monoisotopic (exact) mass is 290 g/mol. The molecule has 1 aliphatic rings. The second-order valence-electron chi connectivity index (χ2n) is 5.62. The molecule has 0 amide bonds.